The first kappa shape index (κ1) is 33.9. The molecule has 0 radical (unpaired) electrons. The maximum atomic E-state index is 14.4. The van der Waals surface area contributed by atoms with E-state index in [1.54, 1.807) is 33.6 Å². The molecule has 3 heterocycles. The molecule has 4 aromatic rings. The third-order valence-corrected chi connectivity index (χ3v) is 11.4. The summed E-state index contributed by atoms with van der Waals surface area (Å²) in [6.45, 7) is 5.55. The van der Waals surface area contributed by atoms with Gasteiger partial charge in [0.15, 0.2) is 0 Å². The number of nitrogens with one attached hydrogen (secondary N) is 1. The number of halogens is 1. The molecule has 0 atom stereocenters. The zero-order chi connectivity index (χ0) is 32.8. The number of carbonyl (C=O) groups excluding carboxylic acids is 1. The van der Waals surface area contributed by atoms with Gasteiger partial charge in [0.25, 0.3) is 0 Å². The Balaban J connectivity index is 1.21. The predicted molar refractivity (Wildman–Crippen MR) is 171 cm³/mol. The number of rotatable bonds is 15. The van der Waals surface area contributed by atoms with Crippen LogP contribution in [0.5, 0.6) is 0 Å². The van der Waals surface area contributed by atoms with E-state index in [-0.39, 0.29) is 15.8 Å². The normalized spacial score (nSPS) is 14.7. The number of nitrogens with zero attached hydrogens (tertiary/aromatic N) is 5. The number of benzene rings is 2. The van der Waals surface area contributed by atoms with E-state index >= 15 is 0 Å². The Morgan fingerprint density at radius 1 is 1.09 bits per heavy atom. The van der Waals surface area contributed by atoms with E-state index in [2.05, 4.69) is 19.9 Å². The van der Waals surface area contributed by atoms with Crippen LogP contribution in [0, 0.1) is 11.7 Å². The minimum atomic E-state index is -3.56. The fraction of sp³-hybridized carbons (Fsp3) is 0.452. The number of unbranched alkanes of at least 4 members (excludes halogenated alkanes) is 1. The molecule has 12 nitrogen and oxygen atoms in total. The summed E-state index contributed by atoms with van der Waals surface area (Å²) >= 11 is -3.23. The summed E-state index contributed by atoms with van der Waals surface area (Å²) < 4.78 is 68.0. The van der Waals surface area contributed by atoms with Crippen LogP contribution in [0.15, 0.2) is 53.6 Å². The summed E-state index contributed by atoms with van der Waals surface area (Å²) in [6, 6.07) is 11.2. The van der Waals surface area contributed by atoms with Crippen LogP contribution in [-0.4, -0.2) is 79.5 Å². The van der Waals surface area contributed by atoms with Crippen LogP contribution >= 0.6 is 0 Å². The molecule has 0 saturated carbocycles. The summed E-state index contributed by atoms with van der Waals surface area (Å²) in [6.07, 6.45) is 5.36. The van der Waals surface area contributed by atoms with Crippen LogP contribution in [0.2, 0.25) is 5.21 Å². The van der Waals surface area contributed by atoms with E-state index in [1.165, 1.54) is 12.1 Å². The molecular formula is C31H39AsFN7O5S. The first-order chi connectivity index (χ1) is 22.1. The molecule has 1 aliphatic rings. The number of aryl methyl sites for hydroxylation is 2. The number of nitrogens with two attached hydrogens (primary N) is 1. The van der Waals surface area contributed by atoms with Crippen molar-refractivity contribution in [2.45, 2.75) is 62.2 Å². The Labute approximate surface area is 271 Å². The quantitative estimate of drug-likeness (QED) is 0.140. The van der Waals surface area contributed by atoms with Crippen molar-refractivity contribution in [3.8, 4) is 11.3 Å². The standard InChI is InChI=1S/C31H39AsFN7O5S/c1-2-22-5-8-25(9-6-22)46(44,45)35-14-18-38-16-11-23(12-17-38)20-39-21-27(36-37-39)29-26-19-24(33)7-10-28(26)40(30(29)31(34)41)15-4-3-13-32(42)43/h5-10,19,21,23,35H,2-4,11-18,20H2,1H3,(H2,34,41). The van der Waals surface area contributed by atoms with E-state index in [0.717, 1.165) is 37.9 Å². The Morgan fingerprint density at radius 3 is 2.50 bits per heavy atom. The number of primary amides is 1. The molecule has 3 N–H and O–H groups in total. The molecule has 1 amide bonds. The van der Waals surface area contributed by atoms with E-state index in [4.69, 9.17) is 5.73 Å². The largest absolute Gasteiger partial charge is 0.0577 e. The Kier molecular flexibility index (Phi) is 11.0. The minimum absolute atomic E-state index is 0.125. The van der Waals surface area contributed by atoms with Gasteiger partial charge in [0.1, 0.15) is 0 Å². The zero-order valence-corrected chi connectivity index (χ0v) is 28.5. The third kappa shape index (κ3) is 8.09. The fourth-order valence-corrected chi connectivity index (χ4v) is 8.10. The van der Waals surface area contributed by atoms with E-state index in [9.17, 15) is 25.1 Å². The molecule has 1 saturated heterocycles. The Morgan fingerprint density at radius 2 is 1.83 bits per heavy atom. The van der Waals surface area contributed by atoms with Crippen molar-refractivity contribution in [1.82, 2.24) is 29.2 Å². The topological polar surface area (TPSA) is 162 Å². The monoisotopic (exact) mass is 715 g/mol. The van der Waals surface area contributed by atoms with Gasteiger partial charge < -0.3 is 4.90 Å². The van der Waals surface area contributed by atoms with Gasteiger partial charge in [-0.05, 0) is 50.0 Å². The number of sulfonamides is 1. The van der Waals surface area contributed by atoms with Gasteiger partial charge in [0.05, 0.1) is 4.90 Å². The molecule has 0 aliphatic carbocycles. The first-order valence-electron chi connectivity index (χ1n) is 15.5. The second-order valence-electron chi connectivity index (χ2n) is 11.7. The summed E-state index contributed by atoms with van der Waals surface area (Å²) in [7, 11) is -3.56. The van der Waals surface area contributed by atoms with Gasteiger partial charge in [0, 0.05) is 13.1 Å². The second kappa shape index (κ2) is 15.0. The van der Waals surface area contributed by atoms with E-state index in [0.29, 0.717) is 67.1 Å². The third-order valence-electron chi connectivity index (χ3n) is 8.54. The molecule has 246 valence electrons. The average Bonchev–Trinajstić information content (AvgIpc) is 3.61. The Bertz CT molecular complexity index is 1860. The van der Waals surface area contributed by atoms with E-state index < -0.39 is 36.3 Å². The maximum absolute atomic E-state index is 14.4. The minimum Gasteiger partial charge on any atom is -0.0577 e. The van der Waals surface area contributed by atoms with Gasteiger partial charge in [0.2, 0.25) is 10.0 Å². The van der Waals surface area contributed by atoms with Gasteiger partial charge in [-0.25, -0.2) is 13.1 Å². The second-order valence-corrected chi connectivity index (χ2v) is 15.8. The number of hydrogen-bond donors (Lipinski definition) is 2. The molecule has 2 aromatic heterocycles. The van der Waals surface area contributed by atoms with Crippen LogP contribution in [0.3, 0.4) is 0 Å². The fourth-order valence-electron chi connectivity index (χ4n) is 6.07. The van der Waals surface area contributed by atoms with Crippen molar-refractivity contribution in [1.29, 1.82) is 0 Å². The molecule has 15 heteroatoms. The number of likely N-dealkylation sites (tertiary alicyclic amines) is 1. The molecule has 2 aromatic carbocycles. The summed E-state index contributed by atoms with van der Waals surface area (Å²) in [5, 5.41) is 9.26. The van der Waals surface area contributed by atoms with E-state index in [1.807, 2.05) is 19.1 Å². The van der Waals surface area contributed by atoms with Crippen molar-refractivity contribution in [2.24, 2.45) is 11.7 Å². The molecule has 0 unspecified atom stereocenters. The maximum Gasteiger partial charge on any atom is -0.00149 e. The van der Waals surface area contributed by atoms with Gasteiger partial charge >= 0.3 is 158 Å². The van der Waals surface area contributed by atoms with Crippen molar-refractivity contribution in [2.75, 3.05) is 26.2 Å². The molecular weight excluding hydrogens is 676 g/mol. The predicted octanol–water partition coefficient (Wildman–Crippen LogP) is 3.52. The van der Waals surface area contributed by atoms with Crippen LogP contribution in [0.25, 0.3) is 22.2 Å². The molecule has 1 aliphatic heterocycles. The van der Waals surface area contributed by atoms with Crippen LogP contribution < -0.4 is 10.5 Å². The van der Waals surface area contributed by atoms with Crippen molar-refractivity contribution < 1.29 is 25.1 Å². The molecule has 0 bridgehead atoms. The number of hydrogen-bond acceptors (Lipinski definition) is 8. The Hall–Kier alpha value is -3.45. The number of piperidine rings is 1. The van der Waals surface area contributed by atoms with Crippen LogP contribution in [-0.2, 0) is 37.0 Å². The zero-order valence-electron chi connectivity index (χ0n) is 25.8. The van der Waals surface area contributed by atoms with Crippen LogP contribution in [0.4, 0.5) is 4.39 Å². The van der Waals surface area contributed by atoms with Crippen molar-refractivity contribution in [3.63, 3.8) is 0 Å². The first-order valence-corrected chi connectivity index (χ1v) is 19.8. The van der Waals surface area contributed by atoms with Crippen molar-refractivity contribution in [3.05, 3.63) is 65.7 Å². The molecule has 1 fully saturated rings. The number of fused-ring (bicyclic) bond motifs is 1. The summed E-state index contributed by atoms with van der Waals surface area (Å²) in [4.78, 5) is 15.2. The number of amides is 1. The number of aromatic nitrogens is 4. The smallest absolute Gasteiger partial charge is 0.00149 e. The summed E-state index contributed by atoms with van der Waals surface area (Å²) in [5.74, 6) is -0.833. The average molecular weight is 716 g/mol. The van der Waals surface area contributed by atoms with Gasteiger partial charge in [-0.1, -0.05) is 19.1 Å². The van der Waals surface area contributed by atoms with Crippen molar-refractivity contribution >= 4 is 41.4 Å². The van der Waals surface area contributed by atoms with Crippen LogP contribution in [0.1, 0.15) is 48.7 Å². The molecule has 5 rings (SSSR count). The van der Waals surface area contributed by atoms with Gasteiger partial charge in [-0.3, -0.25) is 0 Å². The molecule has 46 heavy (non-hydrogen) atoms. The van der Waals surface area contributed by atoms with Gasteiger partial charge in [-0.2, -0.15) is 0 Å². The van der Waals surface area contributed by atoms with Gasteiger partial charge in [-0.15, -0.1) is 0 Å². The molecule has 0 spiro atoms. The SMILES string of the molecule is CCc1ccc(S(=O)(=O)NCCN2CCC(Cn3cc(-c4c(C(N)=O)n(CCCC[As](=O)=O)c5ccc(F)cc45)nn3)CC2)cc1. The number of carbonyl (C=O) groups is 1. The summed E-state index contributed by atoms with van der Waals surface area (Å²) in [5.41, 5.74) is 8.54.